The molecule has 2 heteroatoms. The molecule has 0 fully saturated rings. The first-order chi connectivity index (χ1) is 5.29. The molecule has 0 amide bonds. The molecule has 0 unspecified atom stereocenters. The van der Waals surface area contributed by atoms with E-state index in [1.165, 1.54) is 0 Å². The van der Waals surface area contributed by atoms with E-state index in [9.17, 15) is 0 Å². The van der Waals surface area contributed by atoms with E-state index in [0.717, 1.165) is 5.56 Å². The van der Waals surface area contributed by atoms with Crippen molar-refractivity contribution in [3.05, 3.63) is 35.9 Å². The van der Waals surface area contributed by atoms with Crippen LogP contribution in [0.4, 0.5) is 5.69 Å². The smallest absolute Gasteiger partial charge is 0.102 e. The highest BCUT2D eigenvalue weighted by molar-refractivity contribution is 5.66. The Kier molecular flexibility index (Phi) is 1.93. The van der Waals surface area contributed by atoms with E-state index in [1.807, 2.05) is 12.1 Å². The number of nitriles is 1. The zero-order valence-corrected chi connectivity index (χ0v) is 6.04. The Morgan fingerprint density at radius 2 is 2.27 bits per heavy atom. The van der Waals surface area contributed by atoms with Gasteiger partial charge in [0.05, 0.1) is 11.3 Å². The highest BCUT2D eigenvalue weighted by Gasteiger charge is 2.00. The van der Waals surface area contributed by atoms with Crippen LogP contribution in [0.25, 0.3) is 6.08 Å². The maximum atomic E-state index is 8.65. The summed E-state index contributed by atoms with van der Waals surface area (Å²) in [7, 11) is 0. The number of rotatable bonds is 1. The van der Waals surface area contributed by atoms with Gasteiger partial charge in [0, 0.05) is 0 Å². The average Bonchev–Trinajstić information content (AvgIpc) is 2.04. The van der Waals surface area contributed by atoms with Gasteiger partial charge in [0.2, 0.25) is 0 Å². The van der Waals surface area contributed by atoms with Crippen molar-refractivity contribution < 1.29 is 0 Å². The first-order valence-corrected chi connectivity index (χ1v) is 3.20. The summed E-state index contributed by atoms with van der Waals surface area (Å²) in [6.45, 7) is 3.57. The topological polar surface area (TPSA) is 49.8 Å². The second-order valence-corrected chi connectivity index (χ2v) is 2.13. The lowest BCUT2D eigenvalue weighted by molar-refractivity contribution is 1.47. The Bertz CT molecular complexity index is 321. The minimum atomic E-state index is 0.502. The molecule has 2 nitrogen and oxygen atoms in total. The third kappa shape index (κ3) is 1.22. The maximum absolute atomic E-state index is 8.65. The number of anilines is 1. The third-order valence-corrected chi connectivity index (χ3v) is 1.46. The van der Waals surface area contributed by atoms with Gasteiger partial charge in [-0.25, -0.2) is 0 Å². The maximum Gasteiger partial charge on any atom is 0.102 e. The van der Waals surface area contributed by atoms with Crippen LogP contribution in [-0.4, -0.2) is 0 Å². The monoisotopic (exact) mass is 144 g/mol. The van der Waals surface area contributed by atoms with Crippen molar-refractivity contribution in [2.45, 2.75) is 0 Å². The molecule has 1 rings (SSSR count). The van der Waals surface area contributed by atoms with E-state index in [2.05, 4.69) is 6.58 Å². The molecule has 0 atom stereocenters. The fraction of sp³-hybridized carbons (Fsp3) is 0. The molecule has 2 N–H and O–H groups in total. The molecule has 0 aliphatic rings. The van der Waals surface area contributed by atoms with Crippen LogP contribution >= 0.6 is 0 Å². The van der Waals surface area contributed by atoms with Crippen molar-refractivity contribution in [1.29, 1.82) is 5.26 Å². The number of benzene rings is 1. The SMILES string of the molecule is C=Cc1cccc(N)c1C#N. The third-order valence-electron chi connectivity index (χ3n) is 1.46. The van der Waals surface area contributed by atoms with Gasteiger partial charge in [0.25, 0.3) is 0 Å². The summed E-state index contributed by atoms with van der Waals surface area (Å²) in [5.41, 5.74) is 7.33. The molecule has 1 aromatic rings. The van der Waals surface area contributed by atoms with E-state index in [0.29, 0.717) is 11.3 Å². The van der Waals surface area contributed by atoms with Crippen LogP contribution < -0.4 is 5.73 Å². The number of hydrogen-bond acceptors (Lipinski definition) is 2. The minimum absolute atomic E-state index is 0.502. The van der Waals surface area contributed by atoms with Gasteiger partial charge in [-0.15, -0.1) is 0 Å². The summed E-state index contributed by atoms with van der Waals surface area (Å²) >= 11 is 0. The molecule has 0 bridgehead atoms. The largest absolute Gasteiger partial charge is 0.398 e. The molecular weight excluding hydrogens is 136 g/mol. The summed E-state index contributed by atoms with van der Waals surface area (Å²) in [5.74, 6) is 0. The van der Waals surface area contributed by atoms with Gasteiger partial charge in [-0.05, 0) is 11.6 Å². The summed E-state index contributed by atoms with van der Waals surface area (Å²) in [4.78, 5) is 0. The Hall–Kier alpha value is -1.75. The fourth-order valence-electron chi connectivity index (χ4n) is 0.888. The van der Waals surface area contributed by atoms with Crippen LogP contribution in [0.2, 0.25) is 0 Å². The molecular formula is C9H8N2. The average molecular weight is 144 g/mol. The number of nitrogen functional groups attached to an aromatic ring is 1. The quantitative estimate of drug-likeness (QED) is 0.611. The van der Waals surface area contributed by atoms with Crippen LogP contribution in [-0.2, 0) is 0 Å². The Balaban J connectivity index is 3.38. The van der Waals surface area contributed by atoms with Crippen molar-refractivity contribution in [1.82, 2.24) is 0 Å². The first-order valence-electron chi connectivity index (χ1n) is 3.20. The van der Waals surface area contributed by atoms with Crippen LogP contribution in [0, 0.1) is 11.3 Å². The van der Waals surface area contributed by atoms with Gasteiger partial charge in [-0.1, -0.05) is 24.8 Å². The standard InChI is InChI=1S/C9H8N2/c1-2-7-4-3-5-9(11)8(7)6-10/h2-5H,1,11H2. The lowest BCUT2D eigenvalue weighted by atomic mass is 10.1. The first kappa shape index (κ1) is 7.36. The molecule has 1 aromatic carbocycles. The molecule has 0 aliphatic carbocycles. The van der Waals surface area contributed by atoms with E-state index in [4.69, 9.17) is 11.0 Å². The van der Waals surface area contributed by atoms with E-state index in [1.54, 1.807) is 18.2 Å². The van der Waals surface area contributed by atoms with Crippen molar-refractivity contribution in [3.63, 3.8) is 0 Å². The molecule has 54 valence electrons. The van der Waals surface area contributed by atoms with E-state index < -0.39 is 0 Å². The van der Waals surface area contributed by atoms with Gasteiger partial charge >= 0.3 is 0 Å². The normalized spacial score (nSPS) is 8.64. The molecule has 0 saturated carbocycles. The predicted molar refractivity (Wildman–Crippen MR) is 45.7 cm³/mol. The van der Waals surface area contributed by atoms with Crippen LogP contribution in [0.3, 0.4) is 0 Å². The number of nitrogens with zero attached hydrogens (tertiary/aromatic N) is 1. The summed E-state index contributed by atoms with van der Waals surface area (Å²) in [6, 6.07) is 7.32. The summed E-state index contributed by atoms with van der Waals surface area (Å²) < 4.78 is 0. The Morgan fingerprint density at radius 3 is 2.73 bits per heavy atom. The highest BCUT2D eigenvalue weighted by Crippen LogP contribution is 2.15. The second-order valence-electron chi connectivity index (χ2n) is 2.13. The van der Waals surface area contributed by atoms with Crippen LogP contribution in [0.1, 0.15) is 11.1 Å². The lowest BCUT2D eigenvalue weighted by Crippen LogP contribution is -1.91. The van der Waals surface area contributed by atoms with Crippen LogP contribution in [0.15, 0.2) is 24.8 Å². The molecule has 11 heavy (non-hydrogen) atoms. The van der Waals surface area contributed by atoms with Crippen molar-refractivity contribution in [2.75, 3.05) is 5.73 Å². The number of nitrogens with two attached hydrogens (primary N) is 1. The van der Waals surface area contributed by atoms with Crippen molar-refractivity contribution in [3.8, 4) is 6.07 Å². The zero-order valence-electron chi connectivity index (χ0n) is 6.04. The van der Waals surface area contributed by atoms with Gasteiger partial charge in [0.1, 0.15) is 6.07 Å². The lowest BCUT2D eigenvalue weighted by Gasteiger charge is -1.99. The minimum Gasteiger partial charge on any atom is -0.398 e. The van der Waals surface area contributed by atoms with Crippen molar-refractivity contribution in [2.24, 2.45) is 0 Å². The summed E-state index contributed by atoms with van der Waals surface area (Å²) in [6.07, 6.45) is 1.62. The molecule has 0 aliphatic heterocycles. The predicted octanol–water partition coefficient (Wildman–Crippen LogP) is 1.78. The van der Waals surface area contributed by atoms with E-state index in [-0.39, 0.29) is 0 Å². The summed E-state index contributed by atoms with van der Waals surface area (Å²) in [5, 5.41) is 8.65. The van der Waals surface area contributed by atoms with Crippen molar-refractivity contribution >= 4 is 11.8 Å². The Morgan fingerprint density at radius 1 is 1.55 bits per heavy atom. The van der Waals surface area contributed by atoms with Gasteiger partial charge < -0.3 is 5.73 Å². The van der Waals surface area contributed by atoms with Gasteiger partial charge in [0.15, 0.2) is 0 Å². The molecule has 0 heterocycles. The number of hydrogen-bond donors (Lipinski definition) is 1. The molecule has 0 radical (unpaired) electrons. The van der Waals surface area contributed by atoms with Gasteiger partial charge in [-0.2, -0.15) is 5.26 Å². The molecule has 0 aromatic heterocycles. The second kappa shape index (κ2) is 2.89. The van der Waals surface area contributed by atoms with E-state index >= 15 is 0 Å². The fourth-order valence-corrected chi connectivity index (χ4v) is 0.888. The zero-order chi connectivity index (χ0) is 8.27. The van der Waals surface area contributed by atoms with Gasteiger partial charge in [-0.3, -0.25) is 0 Å². The Labute approximate surface area is 65.6 Å². The van der Waals surface area contributed by atoms with Crippen LogP contribution in [0.5, 0.6) is 0 Å². The highest BCUT2D eigenvalue weighted by atomic mass is 14.6. The molecule has 0 saturated heterocycles. The molecule has 0 spiro atoms.